The fourth-order valence-electron chi connectivity index (χ4n) is 3.03. The molecule has 1 aliphatic heterocycles. The van der Waals surface area contributed by atoms with E-state index in [1.54, 1.807) is 12.1 Å². The SMILES string of the molecule is CCSC(=S)c1cc(N2CCCC2)c(Oc2ccccc2)c(S(N)(=O)=O)c1. The van der Waals surface area contributed by atoms with Crippen LogP contribution in [0.15, 0.2) is 47.4 Å². The van der Waals surface area contributed by atoms with Crippen LogP contribution in [0.1, 0.15) is 25.3 Å². The third-order valence-corrected chi connectivity index (χ3v) is 6.55. The zero-order chi connectivity index (χ0) is 19.4. The van der Waals surface area contributed by atoms with Crippen LogP contribution in [0.2, 0.25) is 0 Å². The molecule has 0 spiro atoms. The Hall–Kier alpha value is -1.61. The highest BCUT2D eigenvalue weighted by Crippen LogP contribution is 2.41. The first-order valence-corrected chi connectivity index (χ1v) is 11.7. The van der Waals surface area contributed by atoms with Gasteiger partial charge in [-0.25, -0.2) is 13.6 Å². The Kier molecular flexibility index (Phi) is 6.41. The maximum Gasteiger partial charge on any atom is 0.241 e. The molecule has 27 heavy (non-hydrogen) atoms. The third kappa shape index (κ3) is 4.82. The molecule has 0 saturated carbocycles. The molecule has 144 valence electrons. The number of thioether (sulfide) groups is 1. The lowest BCUT2D eigenvalue weighted by molar-refractivity contribution is 0.467. The summed E-state index contributed by atoms with van der Waals surface area (Å²) in [6.45, 7) is 3.69. The molecule has 0 aliphatic carbocycles. The van der Waals surface area contributed by atoms with Gasteiger partial charge in [-0.2, -0.15) is 0 Å². The van der Waals surface area contributed by atoms with Crippen molar-refractivity contribution < 1.29 is 13.2 Å². The van der Waals surface area contributed by atoms with Crippen LogP contribution in [-0.4, -0.2) is 31.5 Å². The predicted octanol–water partition coefficient (Wildman–Crippen LogP) is 4.16. The van der Waals surface area contributed by atoms with Gasteiger partial charge in [0, 0.05) is 18.7 Å². The highest BCUT2D eigenvalue weighted by Gasteiger charge is 2.26. The smallest absolute Gasteiger partial charge is 0.241 e. The number of rotatable bonds is 6. The Labute approximate surface area is 169 Å². The van der Waals surface area contributed by atoms with E-state index in [0.29, 0.717) is 15.5 Å². The zero-order valence-electron chi connectivity index (χ0n) is 15.1. The van der Waals surface area contributed by atoms with Gasteiger partial charge in [-0.05, 0) is 42.9 Å². The largest absolute Gasteiger partial charge is 0.454 e. The second-order valence-electron chi connectivity index (χ2n) is 6.20. The van der Waals surface area contributed by atoms with Crippen molar-refractivity contribution in [1.29, 1.82) is 0 Å². The summed E-state index contributed by atoms with van der Waals surface area (Å²) in [5.41, 5.74) is 1.40. The van der Waals surface area contributed by atoms with Crippen LogP contribution in [0.25, 0.3) is 0 Å². The Morgan fingerprint density at radius 2 is 1.89 bits per heavy atom. The molecule has 1 aliphatic rings. The molecule has 8 heteroatoms. The first kappa shape index (κ1) is 20.1. The normalized spacial score (nSPS) is 14.4. The van der Waals surface area contributed by atoms with Crippen LogP contribution in [0.5, 0.6) is 11.5 Å². The third-order valence-electron chi connectivity index (χ3n) is 4.26. The molecule has 0 amide bonds. The van der Waals surface area contributed by atoms with E-state index in [-0.39, 0.29) is 10.6 Å². The van der Waals surface area contributed by atoms with Crippen molar-refractivity contribution in [3.8, 4) is 11.5 Å². The summed E-state index contributed by atoms with van der Waals surface area (Å²) in [4.78, 5) is 2.10. The lowest BCUT2D eigenvalue weighted by Crippen LogP contribution is -2.21. The number of thiocarbonyl (C=S) groups is 1. The predicted molar refractivity (Wildman–Crippen MR) is 116 cm³/mol. The number of para-hydroxylation sites is 1. The average molecular weight is 423 g/mol. The minimum Gasteiger partial charge on any atom is -0.454 e. The number of ether oxygens (including phenoxy) is 1. The van der Waals surface area contributed by atoms with Crippen molar-refractivity contribution in [3.05, 3.63) is 48.0 Å². The summed E-state index contributed by atoms with van der Waals surface area (Å²) in [5, 5.41) is 5.55. The minimum atomic E-state index is -4.00. The van der Waals surface area contributed by atoms with Crippen molar-refractivity contribution in [2.75, 3.05) is 23.7 Å². The van der Waals surface area contributed by atoms with Gasteiger partial charge in [0.15, 0.2) is 5.75 Å². The van der Waals surface area contributed by atoms with Crippen molar-refractivity contribution in [2.45, 2.75) is 24.7 Å². The van der Waals surface area contributed by atoms with E-state index < -0.39 is 10.0 Å². The molecule has 1 saturated heterocycles. The topological polar surface area (TPSA) is 72.6 Å². The lowest BCUT2D eigenvalue weighted by Gasteiger charge is -2.24. The second kappa shape index (κ2) is 8.60. The number of nitrogens with zero attached hydrogens (tertiary/aromatic N) is 1. The number of nitrogens with two attached hydrogens (primary N) is 1. The summed E-state index contributed by atoms with van der Waals surface area (Å²) in [5.74, 6) is 1.63. The van der Waals surface area contributed by atoms with Crippen molar-refractivity contribution in [3.63, 3.8) is 0 Å². The zero-order valence-corrected chi connectivity index (χ0v) is 17.5. The van der Waals surface area contributed by atoms with Crippen molar-refractivity contribution >= 4 is 43.9 Å². The maximum atomic E-state index is 12.4. The molecule has 0 atom stereocenters. The van der Waals surface area contributed by atoms with E-state index in [9.17, 15) is 8.42 Å². The second-order valence-corrected chi connectivity index (χ2v) is 9.67. The van der Waals surface area contributed by atoms with Gasteiger partial charge in [0.1, 0.15) is 10.6 Å². The summed E-state index contributed by atoms with van der Waals surface area (Å²) in [6.07, 6.45) is 2.10. The van der Waals surface area contributed by atoms with Gasteiger partial charge < -0.3 is 9.64 Å². The minimum absolute atomic E-state index is 0.0372. The fourth-order valence-corrected chi connectivity index (χ4v) is 4.75. The standard InChI is InChI=1S/C19H22N2O3S3/c1-2-26-19(25)14-12-16(21-10-6-7-11-21)18(17(13-14)27(20,22)23)24-15-8-4-3-5-9-15/h3-5,8-9,12-13H,2,6-7,10-11H2,1H3,(H2,20,22,23). The molecule has 1 heterocycles. The summed E-state index contributed by atoms with van der Waals surface area (Å²) in [6, 6.07) is 12.6. The van der Waals surface area contributed by atoms with Gasteiger partial charge >= 0.3 is 0 Å². The number of hydrogen-bond acceptors (Lipinski definition) is 6. The van der Waals surface area contributed by atoms with E-state index in [1.807, 2.05) is 31.2 Å². The van der Waals surface area contributed by atoms with Gasteiger partial charge in [0.05, 0.1) is 9.88 Å². The van der Waals surface area contributed by atoms with Gasteiger partial charge in [-0.15, -0.1) is 11.8 Å². The van der Waals surface area contributed by atoms with E-state index >= 15 is 0 Å². The lowest BCUT2D eigenvalue weighted by atomic mass is 10.2. The molecule has 2 N–H and O–H groups in total. The summed E-state index contributed by atoms with van der Waals surface area (Å²) in [7, 11) is -4.00. The van der Waals surface area contributed by atoms with Gasteiger partial charge in [0.2, 0.25) is 10.0 Å². The molecule has 3 rings (SSSR count). The molecule has 0 aromatic heterocycles. The van der Waals surface area contributed by atoms with Gasteiger partial charge in [0.25, 0.3) is 0 Å². The number of hydrogen-bond donors (Lipinski definition) is 1. The molecule has 2 aromatic rings. The van der Waals surface area contributed by atoms with E-state index in [0.717, 1.165) is 37.4 Å². The molecular formula is C19H22N2O3S3. The molecular weight excluding hydrogens is 400 g/mol. The molecule has 1 fully saturated rings. The maximum absolute atomic E-state index is 12.4. The Bertz CT molecular complexity index is 925. The van der Waals surface area contributed by atoms with E-state index in [1.165, 1.54) is 17.8 Å². The Morgan fingerprint density at radius 1 is 1.22 bits per heavy atom. The van der Waals surface area contributed by atoms with E-state index in [2.05, 4.69) is 4.90 Å². The number of benzene rings is 2. The van der Waals surface area contributed by atoms with Crippen LogP contribution >= 0.6 is 24.0 Å². The molecule has 5 nitrogen and oxygen atoms in total. The Morgan fingerprint density at radius 3 is 2.48 bits per heavy atom. The van der Waals surface area contributed by atoms with E-state index in [4.69, 9.17) is 22.1 Å². The number of sulfonamides is 1. The first-order chi connectivity index (χ1) is 12.9. The molecule has 2 aromatic carbocycles. The molecule has 0 radical (unpaired) electrons. The first-order valence-electron chi connectivity index (χ1n) is 8.76. The van der Waals surface area contributed by atoms with Crippen molar-refractivity contribution in [1.82, 2.24) is 0 Å². The molecule has 0 unspecified atom stereocenters. The quantitative estimate of drug-likeness (QED) is 0.705. The summed E-state index contributed by atoms with van der Waals surface area (Å²) < 4.78 is 31.4. The number of primary sulfonamides is 1. The fraction of sp³-hybridized carbons (Fsp3) is 0.316. The Balaban J connectivity index is 2.19. The van der Waals surface area contributed by atoms with Crippen molar-refractivity contribution in [2.24, 2.45) is 5.14 Å². The van der Waals surface area contributed by atoms with Gasteiger partial charge in [-0.3, -0.25) is 0 Å². The van der Waals surface area contributed by atoms with Crippen LogP contribution in [-0.2, 0) is 10.0 Å². The average Bonchev–Trinajstić information content (AvgIpc) is 3.16. The van der Waals surface area contributed by atoms with Crippen LogP contribution in [0, 0.1) is 0 Å². The summed E-state index contributed by atoms with van der Waals surface area (Å²) >= 11 is 6.98. The van der Waals surface area contributed by atoms with Crippen LogP contribution in [0.4, 0.5) is 5.69 Å². The monoisotopic (exact) mass is 422 g/mol. The number of anilines is 1. The van der Waals surface area contributed by atoms with Crippen LogP contribution < -0.4 is 14.8 Å². The van der Waals surface area contributed by atoms with Crippen LogP contribution in [0.3, 0.4) is 0 Å². The highest BCUT2D eigenvalue weighted by atomic mass is 32.2. The molecule has 0 bridgehead atoms. The van der Waals surface area contributed by atoms with Gasteiger partial charge in [-0.1, -0.05) is 37.3 Å². The highest BCUT2D eigenvalue weighted by molar-refractivity contribution is 8.23.